The quantitative estimate of drug-likeness (QED) is 0.654. The number of nitrogens with one attached hydrogen (secondary N) is 1. The molecule has 0 radical (unpaired) electrons. The van der Waals surface area contributed by atoms with Crippen LogP contribution in [0.25, 0.3) is 0 Å². The van der Waals surface area contributed by atoms with E-state index in [2.05, 4.69) is 52.0 Å². The average Bonchev–Trinajstić information content (AvgIpc) is 2.30. The number of rotatable bonds is 3. The van der Waals surface area contributed by atoms with Gasteiger partial charge in [0.05, 0.1) is 11.4 Å². The van der Waals surface area contributed by atoms with E-state index >= 15 is 0 Å². The Morgan fingerprint density at radius 1 is 1.47 bits per heavy atom. The Morgan fingerprint density at radius 3 is 3.00 bits per heavy atom. The molecule has 17 heavy (non-hydrogen) atoms. The maximum Gasteiger partial charge on any atom is 0.0575 e. The highest BCUT2D eigenvalue weighted by atomic mass is 127. The zero-order valence-electron chi connectivity index (χ0n) is 10.2. The maximum absolute atomic E-state index is 5.99. The number of benzene rings is 1. The lowest BCUT2D eigenvalue weighted by Gasteiger charge is -2.32. The smallest absolute Gasteiger partial charge is 0.0575 e. The van der Waals surface area contributed by atoms with Crippen LogP contribution in [0.3, 0.4) is 0 Å². The number of hydrogen-bond donors (Lipinski definition) is 2. The lowest BCUT2D eigenvalue weighted by molar-refractivity contribution is 0.194. The molecule has 94 valence electrons. The third-order valence-corrected chi connectivity index (χ3v) is 4.13. The number of piperidine rings is 1. The third kappa shape index (κ3) is 3.48. The van der Waals surface area contributed by atoms with Crippen LogP contribution in [0, 0.1) is 3.57 Å². The summed E-state index contributed by atoms with van der Waals surface area (Å²) in [6, 6.07) is 6.81. The second-order valence-electron chi connectivity index (χ2n) is 4.74. The normalized spacial score (nSPS) is 21.4. The number of likely N-dealkylation sites (N-methyl/N-ethyl adjacent to an activating group) is 1. The van der Waals surface area contributed by atoms with Crippen LogP contribution in [-0.2, 0) is 0 Å². The SMILES string of the molecule is CN1CCCCC1CNc1ccc(I)cc1N. The molecular formula is C13H20IN3. The minimum atomic E-state index is 0.641. The molecule has 0 aliphatic carbocycles. The summed E-state index contributed by atoms with van der Waals surface area (Å²) < 4.78 is 1.18. The molecule has 3 N–H and O–H groups in total. The van der Waals surface area contributed by atoms with Gasteiger partial charge in [-0.1, -0.05) is 6.42 Å². The molecule has 1 heterocycles. The summed E-state index contributed by atoms with van der Waals surface area (Å²) in [4.78, 5) is 2.44. The van der Waals surface area contributed by atoms with Gasteiger partial charge in [-0.25, -0.2) is 0 Å². The predicted octanol–water partition coefficient (Wildman–Crippen LogP) is 2.77. The zero-order chi connectivity index (χ0) is 12.3. The molecule has 1 aliphatic rings. The minimum absolute atomic E-state index is 0.641. The van der Waals surface area contributed by atoms with E-state index in [1.807, 2.05) is 6.07 Å². The van der Waals surface area contributed by atoms with E-state index in [9.17, 15) is 0 Å². The van der Waals surface area contributed by atoms with E-state index in [1.165, 1.54) is 29.4 Å². The zero-order valence-corrected chi connectivity index (χ0v) is 12.4. The summed E-state index contributed by atoms with van der Waals surface area (Å²) in [6.45, 7) is 2.20. The molecule has 1 atom stereocenters. The molecule has 1 aliphatic heterocycles. The second kappa shape index (κ2) is 5.91. The molecule has 1 fully saturated rings. The van der Waals surface area contributed by atoms with Crippen molar-refractivity contribution in [2.75, 3.05) is 31.2 Å². The van der Waals surface area contributed by atoms with Gasteiger partial charge in [0.15, 0.2) is 0 Å². The topological polar surface area (TPSA) is 41.3 Å². The molecular weight excluding hydrogens is 325 g/mol. The highest BCUT2D eigenvalue weighted by Gasteiger charge is 2.18. The molecule has 2 rings (SSSR count). The Kier molecular flexibility index (Phi) is 4.50. The van der Waals surface area contributed by atoms with Crippen molar-refractivity contribution in [3.8, 4) is 0 Å². The van der Waals surface area contributed by atoms with Gasteiger partial charge in [-0.15, -0.1) is 0 Å². The highest BCUT2D eigenvalue weighted by molar-refractivity contribution is 14.1. The van der Waals surface area contributed by atoms with Gasteiger partial charge >= 0.3 is 0 Å². The van der Waals surface area contributed by atoms with E-state index in [4.69, 9.17) is 5.73 Å². The molecule has 3 nitrogen and oxygen atoms in total. The lowest BCUT2D eigenvalue weighted by Crippen LogP contribution is -2.40. The number of nitrogens with two attached hydrogens (primary N) is 1. The Balaban J connectivity index is 1.92. The van der Waals surface area contributed by atoms with Crippen molar-refractivity contribution in [2.24, 2.45) is 0 Å². The fourth-order valence-corrected chi connectivity index (χ4v) is 2.84. The summed E-state index contributed by atoms with van der Waals surface area (Å²) >= 11 is 2.28. The molecule has 0 bridgehead atoms. The fourth-order valence-electron chi connectivity index (χ4n) is 2.32. The maximum atomic E-state index is 5.99. The molecule has 0 saturated carbocycles. The summed E-state index contributed by atoms with van der Waals surface area (Å²) in [5.74, 6) is 0. The first kappa shape index (κ1) is 13.0. The van der Waals surface area contributed by atoms with Crippen molar-refractivity contribution in [1.82, 2.24) is 4.90 Å². The van der Waals surface area contributed by atoms with Crippen LogP contribution >= 0.6 is 22.6 Å². The van der Waals surface area contributed by atoms with Crippen molar-refractivity contribution < 1.29 is 0 Å². The first-order valence-corrected chi connectivity index (χ1v) is 7.24. The van der Waals surface area contributed by atoms with Crippen molar-refractivity contribution in [3.05, 3.63) is 21.8 Å². The monoisotopic (exact) mass is 345 g/mol. The Hall–Kier alpha value is -0.490. The van der Waals surface area contributed by atoms with Crippen molar-refractivity contribution in [2.45, 2.75) is 25.3 Å². The Morgan fingerprint density at radius 2 is 2.29 bits per heavy atom. The van der Waals surface area contributed by atoms with E-state index in [0.29, 0.717) is 6.04 Å². The number of nitrogens with zero attached hydrogens (tertiary/aromatic N) is 1. The highest BCUT2D eigenvalue weighted by Crippen LogP contribution is 2.22. The van der Waals surface area contributed by atoms with Gasteiger partial charge in [0, 0.05) is 16.2 Å². The number of nitrogen functional groups attached to an aromatic ring is 1. The Bertz CT molecular complexity index is 381. The van der Waals surface area contributed by atoms with Crippen LogP contribution in [0.1, 0.15) is 19.3 Å². The number of anilines is 2. The number of halogens is 1. The van der Waals surface area contributed by atoms with Crippen LogP contribution < -0.4 is 11.1 Å². The third-order valence-electron chi connectivity index (χ3n) is 3.46. The van der Waals surface area contributed by atoms with E-state index in [-0.39, 0.29) is 0 Å². The first-order valence-electron chi connectivity index (χ1n) is 6.16. The summed E-state index contributed by atoms with van der Waals surface area (Å²) in [5, 5.41) is 3.47. The van der Waals surface area contributed by atoms with E-state index in [0.717, 1.165) is 17.9 Å². The standard InChI is InChI=1S/C13H20IN3/c1-17-7-3-2-4-11(17)9-16-13-6-5-10(14)8-12(13)15/h5-6,8,11,16H,2-4,7,9,15H2,1H3. The largest absolute Gasteiger partial charge is 0.397 e. The van der Waals surface area contributed by atoms with Gasteiger partial charge in [-0.2, -0.15) is 0 Å². The van der Waals surface area contributed by atoms with Gasteiger partial charge < -0.3 is 16.0 Å². The lowest BCUT2D eigenvalue weighted by atomic mass is 10.0. The van der Waals surface area contributed by atoms with Gasteiger partial charge in [0.2, 0.25) is 0 Å². The number of hydrogen-bond acceptors (Lipinski definition) is 3. The van der Waals surface area contributed by atoms with Crippen molar-refractivity contribution in [3.63, 3.8) is 0 Å². The molecule has 0 amide bonds. The van der Waals surface area contributed by atoms with Crippen molar-refractivity contribution >= 4 is 34.0 Å². The van der Waals surface area contributed by atoms with Gasteiger partial charge in [0.25, 0.3) is 0 Å². The Labute approximate surface area is 117 Å². The van der Waals surface area contributed by atoms with Crippen molar-refractivity contribution in [1.29, 1.82) is 0 Å². The number of likely N-dealkylation sites (tertiary alicyclic amines) is 1. The van der Waals surface area contributed by atoms with Gasteiger partial charge in [-0.3, -0.25) is 0 Å². The molecule has 1 aromatic rings. The minimum Gasteiger partial charge on any atom is -0.397 e. The van der Waals surface area contributed by atoms with Crippen LogP contribution in [0.4, 0.5) is 11.4 Å². The van der Waals surface area contributed by atoms with Crippen LogP contribution in [-0.4, -0.2) is 31.1 Å². The van der Waals surface area contributed by atoms with Gasteiger partial charge in [0.1, 0.15) is 0 Å². The molecule has 0 spiro atoms. The fraction of sp³-hybridized carbons (Fsp3) is 0.538. The molecule has 4 heteroatoms. The molecule has 1 saturated heterocycles. The summed E-state index contributed by atoms with van der Waals surface area (Å²) in [6.07, 6.45) is 3.96. The van der Waals surface area contributed by atoms with Crippen LogP contribution in [0.5, 0.6) is 0 Å². The van der Waals surface area contributed by atoms with E-state index < -0.39 is 0 Å². The van der Waals surface area contributed by atoms with Gasteiger partial charge in [-0.05, 0) is 67.2 Å². The molecule has 1 aromatic carbocycles. The van der Waals surface area contributed by atoms with E-state index in [1.54, 1.807) is 0 Å². The average molecular weight is 345 g/mol. The molecule has 0 aromatic heterocycles. The summed E-state index contributed by atoms with van der Waals surface area (Å²) in [5.41, 5.74) is 7.89. The second-order valence-corrected chi connectivity index (χ2v) is 5.99. The van der Waals surface area contributed by atoms with Crippen LogP contribution in [0.15, 0.2) is 18.2 Å². The first-order chi connectivity index (χ1) is 8.16. The summed E-state index contributed by atoms with van der Waals surface area (Å²) in [7, 11) is 2.21. The predicted molar refractivity (Wildman–Crippen MR) is 82.3 cm³/mol. The molecule has 1 unspecified atom stereocenters. The van der Waals surface area contributed by atoms with Crippen LogP contribution in [0.2, 0.25) is 0 Å².